The van der Waals surface area contributed by atoms with Gasteiger partial charge in [-0.1, -0.05) is 11.6 Å². The molecule has 26 heavy (non-hydrogen) atoms. The van der Waals surface area contributed by atoms with Gasteiger partial charge in [-0.15, -0.1) is 15.7 Å². The van der Waals surface area contributed by atoms with Crippen LogP contribution in [-0.4, -0.2) is 36.3 Å². The van der Waals surface area contributed by atoms with Crippen molar-refractivity contribution in [2.45, 2.75) is 0 Å². The van der Waals surface area contributed by atoms with Crippen molar-refractivity contribution in [2.75, 3.05) is 12.3 Å². The molecule has 2 heterocycles. The Bertz CT molecular complexity index is 1170. The zero-order valence-electron chi connectivity index (χ0n) is 15.4. The molecule has 0 saturated carbocycles. The molecular formula is C14H9BrClFN4O3S2. The third kappa shape index (κ3) is 3.80. The molecule has 7 nitrogen and oxygen atoms in total. The van der Waals surface area contributed by atoms with Gasteiger partial charge in [0.05, 0.1) is 15.0 Å². The summed E-state index contributed by atoms with van der Waals surface area (Å²) in [7, 11) is -4.78. The van der Waals surface area contributed by atoms with E-state index in [9.17, 15) is 17.6 Å². The maximum absolute atomic E-state index is 13.3. The van der Waals surface area contributed by atoms with Crippen molar-refractivity contribution in [2.24, 2.45) is 4.40 Å². The number of allylic oxidation sites excluding steroid dienone is 1. The van der Waals surface area contributed by atoms with Gasteiger partial charge in [0, 0.05) is 16.8 Å². The lowest BCUT2D eigenvalue weighted by Crippen LogP contribution is -2.35. The predicted molar refractivity (Wildman–Crippen MR) is 101 cm³/mol. The Kier molecular flexibility index (Phi) is 4.15. The molecule has 0 saturated heterocycles. The van der Waals surface area contributed by atoms with E-state index >= 15 is 0 Å². The highest BCUT2D eigenvalue weighted by Crippen LogP contribution is 2.26. The van der Waals surface area contributed by atoms with Gasteiger partial charge in [-0.3, -0.25) is 4.79 Å². The zero-order chi connectivity index (χ0) is 21.6. The lowest BCUT2D eigenvalue weighted by Gasteiger charge is -2.23. The third-order valence-electron chi connectivity index (χ3n) is 3.04. The summed E-state index contributed by atoms with van der Waals surface area (Å²) >= 11 is 9.89. The van der Waals surface area contributed by atoms with Crippen LogP contribution < -0.4 is 5.32 Å². The first-order valence-corrected chi connectivity index (χ1v) is 10.0. The maximum atomic E-state index is 13.3. The van der Waals surface area contributed by atoms with Gasteiger partial charge in [0.25, 0.3) is 5.91 Å². The Morgan fingerprint density at radius 3 is 2.88 bits per heavy atom. The minimum absolute atomic E-state index is 0.0336. The summed E-state index contributed by atoms with van der Waals surface area (Å²) in [6, 6.07) is 3.27. The Morgan fingerprint density at radius 1 is 1.50 bits per heavy atom. The Morgan fingerprint density at radius 2 is 2.27 bits per heavy atom. The number of amides is 1. The number of likely N-dealkylation sites (N-methyl/N-ethyl adjacent to an activating group) is 1. The molecule has 1 aromatic heterocycles. The van der Waals surface area contributed by atoms with Crippen LogP contribution in [-0.2, 0) is 15.0 Å². The lowest BCUT2D eigenvalue weighted by atomic mass is 10.2. The summed E-state index contributed by atoms with van der Waals surface area (Å²) in [6.07, 6.45) is 2.40. The van der Waals surface area contributed by atoms with Gasteiger partial charge < -0.3 is 5.32 Å². The van der Waals surface area contributed by atoms with Crippen LogP contribution in [0.1, 0.15) is 9.12 Å². The highest BCUT2D eigenvalue weighted by Gasteiger charge is 2.31. The van der Waals surface area contributed by atoms with Gasteiger partial charge in [-0.05, 0) is 40.2 Å². The molecule has 1 aliphatic heterocycles. The molecule has 2 aromatic rings. The average Bonchev–Trinajstić information content (AvgIpc) is 3.02. The highest BCUT2D eigenvalue weighted by atomic mass is 79.9. The molecule has 3 rings (SSSR count). The number of nitrogens with one attached hydrogen (secondary N) is 1. The van der Waals surface area contributed by atoms with Crippen molar-refractivity contribution in [1.29, 1.82) is 0 Å². The molecule has 0 radical (unpaired) electrons. The van der Waals surface area contributed by atoms with Crippen molar-refractivity contribution in [1.82, 2.24) is 9.29 Å². The highest BCUT2D eigenvalue weighted by molar-refractivity contribution is 9.11. The number of carbonyl (C=O) groups is 1. The number of anilines is 1. The number of nitrogens with zero attached hydrogens (tertiary/aromatic N) is 3. The van der Waals surface area contributed by atoms with E-state index in [1.165, 1.54) is 12.3 Å². The van der Waals surface area contributed by atoms with Crippen LogP contribution in [0, 0.1) is 5.82 Å². The molecule has 0 fully saturated rings. The van der Waals surface area contributed by atoms with Gasteiger partial charge in [0.15, 0.2) is 0 Å². The number of hydrogen-bond donors (Lipinski definition) is 1. The number of halogens is 3. The van der Waals surface area contributed by atoms with E-state index in [1.807, 2.05) is 0 Å². The number of rotatable bonds is 3. The molecule has 0 spiro atoms. The average molecular weight is 483 g/mol. The Balaban J connectivity index is 2.07. The fourth-order valence-electron chi connectivity index (χ4n) is 1.90. The third-order valence-corrected chi connectivity index (χ3v) is 5.92. The summed E-state index contributed by atoms with van der Waals surface area (Å²) in [5.41, 5.74) is -0.878. The van der Waals surface area contributed by atoms with Gasteiger partial charge >= 0.3 is 10.2 Å². The smallest absolute Gasteiger partial charge is 0.321 e. The van der Waals surface area contributed by atoms with Crippen molar-refractivity contribution in [3.63, 3.8) is 0 Å². The first kappa shape index (κ1) is 15.3. The van der Waals surface area contributed by atoms with Crippen molar-refractivity contribution < 1.29 is 21.7 Å². The van der Waals surface area contributed by atoms with Crippen LogP contribution >= 0.6 is 38.9 Å². The fourth-order valence-corrected chi connectivity index (χ4v) is 4.16. The standard InChI is InChI=1S/C14H9BrClFN4O3S2/c1-21-11(13(22)19-7-2-3-9(17)8(16)4-7)5-10(20-26(21,23)24)14-18-6-12(15)25-14/h2-6H,1H3,(H,19,22)/i1D3. The molecule has 1 N–H and O–H groups in total. The van der Waals surface area contributed by atoms with E-state index in [0.717, 1.165) is 29.5 Å². The van der Waals surface area contributed by atoms with E-state index in [1.54, 1.807) is 0 Å². The second-order valence-electron chi connectivity index (χ2n) is 4.80. The van der Waals surface area contributed by atoms with Crippen LogP contribution in [0.4, 0.5) is 10.1 Å². The van der Waals surface area contributed by atoms with Crippen LogP contribution in [0.2, 0.25) is 5.02 Å². The molecule has 0 unspecified atom stereocenters. The van der Waals surface area contributed by atoms with Crippen LogP contribution in [0.15, 0.2) is 44.4 Å². The van der Waals surface area contributed by atoms with Crippen molar-refractivity contribution in [3.8, 4) is 0 Å². The number of carbonyl (C=O) groups excluding carboxylic acids is 1. The summed E-state index contributed by atoms with van der Waals surface area (Å²) in [5.74, 6) is -1.80. The van der Waals surface area contributed by atoms with E-state index < -0.39 is 34.6 Å². The first-order valence-electron chi connectivity index (χ1n) is 8.13. The molecule has 0 bridgehead atoms. The van der Waals surface area contributed by atoms with E-state index in [-0.39, 0.29) is 25.7 Å². The number of thiazole rings is 1. The van der Waals surface area contributed by atoms with Gasteiger partial charge in [-0.25, -0.2) is 13.7 Å². The maximum Gasteiger partial charge on any atom is 0.345 e. The molecule has 1 aromatic carbocycles. The van der Waals surface area contributed by atoms with E-state index in [0.29, 0.717) is 3.79 Å². The monoisotopic (exact) mass is 481 g/mol. The zero-order valence-corrected chi connectivity index (χ0v) is 16.4. The van der Waals surface area contributed by atoms with E-state index in [4.69, 9.17) is 15.7 Å². The minimum atomic E-state index is -4.78. The normalized spacial score (nSPS) is 18.3. The molecule has 0 aliphatic carbocycles. The van der Waals surface area contributed by atoms with Crippen LogP contribution in [0.3, 0.4) is 0 Å². The minimum Gasteiger partial charge on any atom is -0.321 e. The topological polar surface area (TPSA) is 91.7 Å². The SMILES string of the molecule is [2H]C([2H])([2H])N1C(C(=O)Nc2ccc(F)c(Cl)c2)=CC(c2ncc(Br)s2)=NS1(=O)=O. The second-order valence-corrected chi connectivity index (χ2v) is 9.06. The number of hydrogen-bond acceptors (Lipinski definition) is 5. The van der Waals surface area contributed by atoms with Crippen LogP contribution in [0.25, 0.3) is 0 Å². The molecule has 0 atom stereocenters. The number of benzene rings is 1. The largest absolute Gasteiger partial charge is 0.345 e. The quantitative estimate of drug-likeness (QED) is 0.727. The Labute approximate surface area is 169 Å². The Hall–Kier alpha value is -1.82. The fraction of sp³-hybridized carbons (Fsp3) is 0.0714. The van der Waals surface area contributed by atoms with Gasteiger partial charge in [-0.2, -0.15) is 8.42 Å². The molecular weight excluding hydrogens is 471 g/mol. The second kappa shape index (κ2) is 7.06. The van der Waals surface area contributed by atoms with Crippen molar-refractivity contribution in [3.05, 3.63) is 55.8 Å². The van der Waals surface area contributed by atoms with Crippen molar-refractivity contribution >= 4 is 66.4 Å². The summed E-state index contributed by atoms with van der Waals surface area (Å²) in [6.45, 7) is -3.22. The number of aromatic nitrogens is 1. The predicted octanol–water partition coefficient (Wildman–Crippen LogP) is 3.20. The first-order chi connectivity index (χ1) is 13.4. The lowest BCUT2D eigenvalue weighted by molar-refractivity contribution is -0.113. The summed E-state index contributed by atoms with van der Waals surface area (Å²) in [4.78, 5) is 16.7. The van der Waals surface area contributed by atoms with Gasteiger partial charge in [0.2, 0.25) is 0 Å². The van der Waals surface area contributed by atoms with Crippen LogP contribution in [0.5, 0.6) is 0 Å². The molecule has 1 aliphatic rings. The summed E-state index contributed by atoms with van der Waals surface area (Å²) in [5, 5.41) is 2.17. The van der Waals surface area contributed by atoms with E-state index in [2.05, 4.69) is 30.6 Å². The molecule has 136 valence electrons. The molecule has 12 heteroatoms. The molecule has 1 amide bonds. The van der Waals surface area contributed by atoms with Gasteiger partial charge in [0.1, 0.15) is 22.2 Å². The summed E-state index contributed by atoms with van der Waals surface area (Å²) < 4.78 is 64.9.